The van der Waals surface area contributed by atoms with Crippen LogP contribution < -0.4 is 0 Å². The number of hydrogen-bond acceptors (Lipinski definition) is 4. The number of thiophene rings is 1. The summed E-state index contributed by atoms with van der Waals surface area (Å²) in [7, 11) is 0. The van der Waals surface area contributed by atoms with Crippen LogP contribution in [0.1, 0.15) is 0 Å². The van der Waals surface area contributed by atoms with Gasteiger partial charge in [0.2, 0.25) is 0 Å². The van der Waals surface area contributed by atoms with Gasteiger partial charge in [-0.2, -0.15) is 0 Å². The number of hydrogen-bond donors (Lipinski definition) is 0. The molecule has 0 bridgehead atoms. The molecular formula is C57H35N3S. The Labute approximate surface area is 356 Å². The Morgan fingerprint density at radius 3 is 1.13 bits per heavy atom. The van der Waals surface area contributed by atoms with Gasteiger partial charge in [-0.05, 0) is 96.0 Å². The van der Waals surface area contributed by atoms with E-state index in [0.29, 0.717) is 17.5 Å². The summed E-state index contributed by atoms with van der Waals surface area (Å²) in [5.41, 5.74) is 9.87. The first-order valence-electron chi connectivity index (χ1n) is 20.6. The molecule has 0 aliphatic rings. The van der Waals surface area contributed by atoms with E-state index in [1.807, 2.05) is 29.5 Å². The second-order valence-corrected chi connectivity index (χ2v) is 16.7. The monoisotopic (exact) mass is 793 g/mol. The van der Waals surface area contributed by atoms with E-state index in [0.717, 1.165) is 27.8 Å². The largest absolute Gasteiger partial charge is 0.208 e. The lowest BCUT2D eigenvalue weighted by molar-refractivity contribution is 1.07. The maximum Gasteiger partial charge on any atom is 0.164 e. The Kier molecular flexibility index (Phi) is 8.36. The first-order chi connectivity index (χ1) is 30.2. The highest BCUT2D eigenvalue weighted by atomic mass is 32.1. The maximum absolute atomic E-state index is 5.17. The van der Waals surface area contributed by atoms with Crippen molar-refractivity contribution in [1.29, 1.82) is 0 Å². The second-order valence-electron chi connectivity index (χ2n) is 15.6. The van der Waals surface area contributed by atoms with Crippen LogP contribution in [0, 0.1) is 0 Å². The van der Waals surface area contributed by atoms with Gasteiger partial charge < -0.3 is 0 Å². The Morgan fingerprint density at radius 1 is 0.213 bits per heavy atom. The van der Waals surface area contributed by atoms with Gasteiger partial charge in [-0.1, -0.05) is 182 Å². The van der Waals surface area contributed by atoms with E-state index in [2.05, 4.69) is 194 Å². The highest BCUT2D eigenvalue weighted by molar-refractivity contribution is 7.25. The van der Waals surface area contributed by atoms with E-state index < -0.39 is 0 Å². The van der Waals surface area contributed by atoms with Gasteiger partial charge in [0.05, 0.1) is 0 Å². The quantitative estimate of drug-likeness (QED) is 0.157. The van der Waals surface area contributed by atoms with Crippen molar-refractivity contribution in [2.45, 2.75) is 0 Å². The summed E-state index contributed by atoms with van der Waals surface area (Å²) in [6.07, 6.45) is 0. The topological polar surface area (TPSA) is 38.7 Å². The van der Waals surface area contributed by atoms with Crippen molar-refractivity contribution in [3.8, 4) is 67.5 Å². The van der Waals surface area contributed by atoms with Crippen LogP contribution in [-0.4, -0.2) is 15.0 Å². The minimum absolute atomic E-state index is 0.638. The third-order valence-electron chi connectivity index (χ3n) is 11.9. The van der Waals surface area contributed by atoms with Crippen LogP contribution in [0.5, 0.6) is 0 Å². The molecule has 0 atom stereocenters. The maximum atomic E-state index is 5.17. The summed E-state index contributed by atoms with van der Waals surface area (Å²) in [5.74, 6) is 1.94. The molecule has 0 aliphatic carbocycles. The lowest BCUT2D eigenvalue weighted by atomic mass is 9.91. The van der Waals surface area contributed by atoms with E-state index >= 15 is 0 Å². The fourth-order valence-corrected chi connectivity index (χ4v) is 10.1. The molecule has 0 saturated carbocycles. The van der Waals surface area contributed by atoms with E-state index in [-0.39, 0.29) is 0 Å². The van der Waals surface area contributed by atoms with Crippen LogP contribution in [0.2, 0.25) is 0 Å². The van der Waals surface area contributed by atoms with Gasteiger partial charge in [0, 0.05) is 36.9 Å². The average Bonchev–Trinajstić information content (AvgIpc) is 3.72. The third kappa shape index (κ3) is 6.24. The molecule has 12 aromatic rings. The van der Waals surface area contributed by atoms with Gasteiger partial charge in [-0.3, -0.25) is 0 Å². The van der Waals surface area contributed by atoms with Gasteiger partial charge in [-0.25, -0.2) is 15.0 Å². The first kappa shape index (κ1) is 35.2. The van der Waals surface area contributed by atoms with Crippen molar-refractivity contribution in [1.82, 2.24) is 15.0 Å². The fraction of sp³-hybridized carbons (Fsp3) is 0. The van der Waals surface area contributed by atoms with E-state index in [1.54, 1.807) is 0 Å². The number of benzene rings is 10. The fourth-order valence-electron chi connectivity index (χ4n) is 8.88. The smallest absolute Gasteiger partial charge is 0.164 e. The molecule has 12 rings (SSSR count). The van der Waals surface area contributed by atoms with Crippen molar-refractivity contribution in [2.75, 3.05) is 0 Å². The molecule has 0 aliphatic heterocycles. The van der Waals surface area contributed by atoms with Crippen molar-refractivity contribution in [3.05, 3.63) is 212 Å². The molecule has 0 amide bonds. The van der Waals surface area contributed by atoms with Crippen molar-refractivity contribution in [2.24, 2.45) is 0 Å². The van der Waals surface area contributed by atoms with Crippen LogP contribution in [0.25, 0.3) is 120 Å². The zero-order chi connectivity index (χ0) is 40.3. The van der Waals surface area contributed by atoms with Gasteiger partial charge in [-0.15, -0.1) is 11.3 Å². The van der Waals surface area contributed by atoms with Gasteiger partial charge >= 0.3 is 0 Å². The molecule has 0 N–H and O–H groups in total. The molecule has 0 fully saturated rings. The van der Waals surface area contributed by atoms with E-state index in [1.165, 1.54) is 74.7 Å². The SMILES string of the molecule is c1ccc(-c2ccc3c(c2)sc2cc(-c4nc(-c5ccccc5)nc(-c5cccc(-c6cccc(-c7ccc8c9ccccc9c9ccccc9c8c7)c6)c5)n4)ccc23)cc1. The lowest BCUT2D eigenvalue weighted by Crippen LogP contribution is -2.00. The Bertz CT molecular complexity index is 3610. The lowest BCUT2D eigenvalue weighted by Gasteiger charge is -2.13. The third-order valence-corrected chi connectivity index (χ3v) is 13.0. The highest BCUT2D eigenvalue weighted by Gasteiger charge is 2.16. The first-order valence-corrected chi connectivity index (χ1v) is 21.4. The van der Waals surface area contributed by atoms with E-state index in [4.69, 9.17) is 15.0 Å². The summed E-state index contributed by atoms with van der Waals surface area (Å²) >= 11 is 1.81. The van der Waals surface area contributed by atoms with Gasteiger partial charge in [0.25, 0.3) is 0 Å². The van der Waals surface area contributed by atoms with Crippen molar-refractivity contribution in [3.63, 3.8) is 0 Å². The number of aromatic nitrogens is 3. The number of fused-ring (bicyclic) bond motifs is 9. The summed E-state index contributed by atoms with van der Waals surface area (Å²) < 4.78 is 2.47. The van der Waals surface area contributed by atoms with Gasteiger partial charge in [0.1, 0.15) is 0 Å². The Morgan fingerprint density at radius 2 is 0.557 bits per heavy atom. The molecule has 0 radical (unpaired) electrons. The molecule has 10 aromatic carbocycles. The minimum atomic E-state index is 0.638. The molecule has 2 aromatic heterocycles. The molecule has 0 unspecified atom stereocenters. The number of rotatable bonds is 6. The average molecular weight is 794 g/mol. The Balaban J connectivity index is 0.934. The zero-order valence-electron chi connectivity index (χ0n) is 33.0. The molecule has 2 heterocycles. The molecule has 0 saturated heterocycles. The predicted octanol–water partition coefficient (Wildman–Crippen LogP) is 15.7. The van der Waals surface area contributed by atoms with Crippen molar-refractivity contribution >= 4 is 63.8 Å². The van der Waals surface area contributed by atoms with Crippen LogP contribution in [0.4, 0.5) is 0 Å². The Hall–Kier alpha value is -7.79. The predicted molar refractivity (Wildman–Crippen MR) is 258 cm³/mol. The highest BCUT2D eigenvalue weighted by Crippen LogP contribution is 2.40. The molecule has 284 valence electrons. The normalized spacial score (nSPS) is 11.6. The molecular weight excluding hydrogens is 759 g/mol. The van der Waals surface area contributed by atoms with E-state index in [9.17, 15) is 0 Å². The van der Waals surface area contributed by atoms with Crippen LogP contribution >= 0.6 is 11.3 Å². The molecule has 61 heavy (non-hydrogen) atoms. The summed E-state index contributed by atoms with van der Waals surface area (Å²) in [6.45, 7) is 0. The zero-order valence-corrected chi connectivity index (χ0v) is 33.8. The summed E-state index contributed by atoms with van der Waals surface area (Å²) in [6, 6.07) is 75.9. The minimum Gasteiger partial charge on any atom is -0.208 e. The standard InChI is InChI=1S/C57H35N3S/c1-3-13-36(14-4-1)42-26-29-50-51-30-27-44(35-54(51)61-53(50)34-42)57-59-55(37-15-5-2-6-16-37)58-56(60-57)43-20-12-19-40(32-43)38-17-11-18-39(31-38)41-25-28-49-47-23-8-7-21-45(47)46-22-9-10-24-48(46)52(49)33-41/h1-35H. The second kappa shape index (κ2) is 14.5. The molecule has 4 heteroatoms. The van der Waals surface area contributed by atoms with Crippen LogP contribution in [0.3, 0.4) is 0 Å². The molecule has 0 spiro atoms. The molecule has 3 nitrogen and oxygen atoms in total. The van der Waals surface area contributed by atoms with Crippen LogP contribution in [0.15, 0.2) is 212 Å². The summed E-state index contributed by atoms with van der Waals surface area (Å²) in [5, 5.41) is 10.2. The van der Waals surface area contributed by atoms with Crippen LogP contribution in [-0.2, 0) is 0 Å². The number of nitrogens with zero attached hydrogens (tertiary/aromatic N) is 3. The van der Waals surface area contributed by atoms with Gasteiger partial charge in [0.15, 0.2) is 17.5 Å². The van der Waals surface area contributed by atoms with Crippen molar-refractivity contribution < 1.29 is 0 Å². The summed E-state index contributed by atoms with van der Waals surface area (Å²) in [4.78, 5) is 15.3.